The summed E-state index contributed by atoms with van der Waals surface area (Å²) >= 11 is 5.52. The maximum atomic E-state index is 9.25. The Labute approximate surface area is 385 Å². The number of hydrogen-bond acceptors (Lipinski definition) is 19. The molecule has 0 fully saturated rings. The van der Waals surface area contributed by atoms with Crippen LogP contribution >= 0.6 is 11.6 Å². The van der Waals surface area contributed by atoms with Crippen molar-refractivity contribution in [2.75, 3.05) is 20.0 Å². The fourth-order valence-electron chi connectivity index (χ4n) is 5.76. The summed E-state index contributed by atoms with van der Waals surface area (Å²) in [4.78, 5) is 45.5. The van der Waals surface area contributed by atoms with E-state index in [-0.39, 0.29) is 5.75 Å². The zero-order valence-corrected chi connectivity index (χ0v) is 36.3. The van der Waals surface area contributed by atoms with Gasteiger partial charge in [0.1, 0.15) is 46.2 Å². The summed E-state index contributed by atoms with van der Waals surface area (Å²) in [7, 11) is 3.21. The van der Waals surface area contributed by atoms with E-state index in [1.54, 1.807) is 94.4 Å². The molecule has 19 nitrogen and oxygen atoms in total. The Morgan fingerprint density at radius 3 is 1.45 bits per heavy atom. The number of aromatic hydroxyl groups is 1. The molecule has 11 aromatic rings. The third-order valence-electron chi connectivity index (χ3n) is 9.04. The van der Waals surface area contributed by atoms with Gasteiger partial charge in [0, 0.05) is 49.3 Å². The molecule has 11 heterocycles. The number of nitrogens with zero attached hydrogens (tertiary/aromatic N) is 11. The smallest absolute Gasteiger partial charge is 0.247 e. The normalized spacial score (nSPS) is 10.6. The lowest BCUT2D eigenvalue weighted by molar-refractivity contribution is 0.300. The van der Waals surface area contributed by atoms with Gasteiger partial charge in [0.15, 0.2) is 0 Å². The molecule has 0 spiro atoms. The first kappa shape index (κ1) is 44.5. The SMILES string of the molecule is COc1ccc(CCl)nc1.COc1ccc(COc2cnc3oc(-c4cccnc4)nc3c2)nc1.Nc1cnc2oc(-c3cccnc3)nc2c1.Oc1cnc2oc(-c3cccnc3)nc2c1. The fraction of sp³-hybridized carbons (Fsp3) is 0.0851. The molecule has 334 valence electrons. The van der Waals surface area contributed by atoms with E-state index in [9.17, 15) is 5.11 Å². The van der Waals surface area contributed by atoms with E-state index in [0.29, 0.717) is 81.0 Å². The van der Waals surface area contributed by atoms with E-state index in [0.717, 1.165) is 33.8 Å². The van der Waals surface area contributed by atoms with Gasteiger partial charge in [-0.2, -0.15) is 0 Å². The summed E-state index contributed by atoms with van der Waals surface area (Å²) in [5.41, 5.74) is 13.4. The first-order valence-corrected chi connectivity index (χ1v) is 20.5. The van der Waals surface area contributed by atoms with Crippen LogP contribution in [0.1, 0.15) is 11.4 Å². The first-order chi connectivity index (χ1) is 32.8. The number of oxazole rings is 3. The minimum absolute atomic E-state index is 0.0681. The van der Waals surface area contributed by atoms with Crippen LogP contribution in [0.2, 0.25) is 0 Å². The lowest BCUT2D eigenvalue weighted by Gasteiger charge is -2.05. The largest absolute Gasteiger partial charge is 0.506 e. The maximum absolute atomic E-state index is 9.25. The van der Waals surface area contributed by atoms with E-state index in [1.807, 2.05) is 54.6 Å². The minimum atomic E-state index is 0.0681. The number of alkyl halides is 1. The van der Waals surface area contributed by atoms with Crippen molar-refractivity contribution < 1.29 is 32.6 Å². The number of methoxy groups -OCH3 is 2. The van der Waals surface area contributed by atoms with Gasteiger partial charge in [-0.15, -0.1) is 11.6 Å². The molecule has 0 aliphatic rings. The Hall–Kier alpha value is -9.10. The number of pyridine rings is 8. The Balaban J connectivity index is 0.000000127. The Morgan fingerprint density at radius 1 is 0.522 bits per heavy atom. The van der Waals surface area contributed by atoms with Crippen LogP contribution in [0, 0.1) is 0 Å². The van der Waals surface area contributed by atoms with E-state index < -0.39 is 0 Å². The second-order valence-electron chi connectivity index (χ2n) is 13.7. The molecule has 0 aromatic carbocycles. The third-order valence-corrected chi connectivity index (χ3v) is 9.31. The van der Waals surface area contributed by atoms with Gasteiger partial charge in [0.05, 0.1) is 84.8 Å². The van der Waals surface area contributed by atoms with Crippen LogP contribution in [0.5, 0.6) is 23.0 Å². The topological polar surface area (TPSA) is 255 Å². The molecular weight excluding hydrogens is 880 g/mol. The van der Waals surface area contributed by atoms with Gasteiger partial charge in [-0.1, -0.05) is 0 Å². The number of nitrogen functional groups attached to an aromatic ring is 1. The van der Waals surface area contributed by atoms with Crippen LogP contribution in [0.4, 0.5) is 5.69 Å². The number of hydrogen-bond donors (Lipinski definition) is 2. The second kappa shape index (κ2) is 21.5. The van der Waals surface area contributed by atoms with Crippen LogP contribution in [-0.4, -0.2) is 74.1 Å². The number of ether oxygens (including phenoxy) is 3. The zero-order valence-electron chi connectivity index (χ0n) is 35.5. The number of nitrogens with two attached hydrogens (primary N) is 1. The molecule has 0 unspecified atom stereocenters. The highest BCUT2D eigenvalue weighted by Gasteiger charge is 2.12. The van der Waals surface area contributed by atoms with Crippen molar-refractivity contribution in [3.05, 3.63) is 158 Å². The molecule has 67 heavy (non-hydrogen) atoms. The van der Waals surface area contributed by atoms with Crippen molar-refractivity contribution in [1.29, 1.82) is 0 Å². The van der Waals surface area contributed by atoms with Crippen molar-refractivity contribution in [1.82, 2.24) is 54.8 Å². The van der Waals surface area contributed by atoms with Gasteiger partial charge >= 0.3 is 0 Å². The fourth-order valence-corrected chi connectivity index (χ4v) is 5.92. The van der Waals surface area contributed by atoms with E-state index in [2.05, 4.69) is 54.8 Å². The van der Waals surface area contributed by atoms with E-state index in [4.69, 9.17) is 44.8 Å². The molecule has 0 atom stereocenters. The molecule has 0 amide bonds. The number of halogens is 1. The molecule has 0 radical (unpaired) electrons. The summed E-state index contributed by atoms with van der Waals surface area (Å²) in [6.45, 7) is 0.324. The number of aromatic nitrogens is 11. The van der Waals surface area contributed by atoms with Gasteiger partial charge in [-0.3, -0.25) is 24.9 Å². The molecule has 0 bridgehead atoms. The van der Waals surface area contributed by atoms with Gasteiger partial charge in [0.25, 0.3) is 0 Å². The van der Waals surface area contributed by atoms with Gasteiger partial charge in [0.2, 0.25) is 34.8 Å². The summed E-state index contributed by atoms with van der Waals surface area (Å²) in [5.74, 6) is 4.00. The van der Waals surface area contributed by atoms with Crippen LogP contribution in [-0.2, 0) is 12.5 Å². The number of rotatable bonds is 9. The van der Waals surface area contributed by atoms with Crippen molar-refractivity contribution in [3.8, 4) is 57.4 Å². The third kappa shape index (κ3) is 11.7. The molecule has 0 aliphatic carbocycles. The predicted molar refractivity (Wildman–Crippen MR) is 247 cm³/mol. The molecule has 20 heteroatoms. The second-order valence-corrected chi connectivity index (χ2v) is 14.0. The molecule has 11 rings (SSSR count). The molecule has 0 saturated heterocycles. The first-order valence-electron chi connectivity index (χ1n) is 20.0. The number of anilines is 1. The summed E-state index contributed by atoms with van der Waals surface area (Å²) in [6.07, 6.45) is 17.9. The van der Waals surface area contributed by atoms with E-state index in [1.165, 1.54) is 12.3 Å². The van der Waals surface area contributed by atoms with Gasteiger partial charge in [-0.25, -0.2) is 29.9 Å². The lowest BCUT2D eigenvalue weighted by Crippen LogP contribution is -1.98. The molecule has 3 N–H and O–H groups in total. The Bertz CT molecular complexity index is 3150. The van der Waals surface area contributed by atoms with E-state index >= 15 is 0 Å². The summed E-state index contributed by atoms with van der Waals surface area (Å²) in [5, 5.41) is 9.25. The van der Waals surface area contributed by atoms with Crippen molar-refractivity contribution >= 4 is 51.0 Å². The van der Waals surface area contributed by atoms with Crippen molar-refractivity contribution in [2.24, 2.45) is 0 Å². The minimum Gasteiger partial charge on any atom is -0.506 e. The lowest BCUT2D eigenvalue weighted by atomic mass is 10.3. The zero-order chi connectivity index (χ0) is 46.4. The highest BCUT2D eigenvalue weighted by atomic mass is 35.5. The maximum Gasteiger partial charge on any atom is 0.247 e. The highest BCUT2D eigenvalue weighted by Crippen LogP contribution is 2.27. The quantitative estimate of drug-likeness (QED) is 0.128. The highest BCUT2D eigenvalue weighted by molar-refractivity contribution is 6.16. The summed E-state index contributed by atoms with van der Waals surface area (Å²) in [6, 6.07) is 23.4. The predicted octanol–water partition coefficient (Wildman–Crippen LogP) is 8.95. The number of fused-ring (bicyclic) bond motifs is 3. The molecular formula is C47H37ClN12O7. The van der Waals surface area contributed by atoms with Gasteiger partial charge < -0.3 is 38.3 Å². The van der Waals surface area contributed by atoms with Crippen LogP contribution in [0.3, 0.4) is 0 Å². The van der Waals surface area contributed by atoms with Crippen molar-refractivity contribution in [3.63, 3.8) is 0 Å². The van der Waals surface area contributed by atoms with Crippen LogP contribution < -0.4 is 19.9 Å². The van der Waals surface area contributed by atoms with Crippen molar-refractivity contribution in [2.45, 2.75) is 12.5 Å². The molecule has 0 aliphatic heterocycles. The van der Waals surface area contributed by atoms with Gasteiger partial charge in [-0.05, 0) is 66.7 Å². The average Bonchev–Trinajstić information content (AvgIpc) is 4.14. The molecule has 0 saturated carbocycles. The Morgan fingerprint density at radius 2 is 0.985 bits per heavy atom. The average molecular weight is 917 g/mol. The van der Waals surface area contributed by atoms with Crippen LogP contribution in [0.25, 0.3) is 68.1 Å². The summed E-state index contributed by atoms with van der Waals surface area (Å²) < 4.78 is 32.3. The monoisotopic (exact) mass is 916 g/mol. The Kier molecular flexibility index (Phi) is 14.3. The standard InChI is InChI=1S/C18H14N4O3.C11H8N4O.C11H7N3O2.C7H8ClNO/c1-23-14-5-4-13(20-9-14)11-24-15-7-16-18(21-10-15)25-17(22-16)12-3-2-6-19-8-12;12-8-4-9-11(14-6-8)16-10(15-9)7-2-1-3-13-5-7;15-8-4-9-11(13-6-8)16-10(14-9)7-2-1-3-12-5-7;1-10-7-3-2-6(4-8)9-5-7/h2-10H,11H2,1H3;1-6H,12H2;1-6,15H;2-3,5H,4H2,1H3. The van der Waals surface area contributed by atoms with Crippen LogP contribution in [0.15, 0.2) is 160 Å². The molecule has 11 aromatic heterocycles.